The second kappa shape index (κ2) is 19.2. The Bertz CT molecular complexity index is 1390. The number of carbonyl (C=O) groups excluding carboxylic acids is 6. The van der Waals surface area contributed by atoms with Gasteiger partial charge in [-0.2, -0.15) is 0 Å². The number of nitrogens with one attached hydrogen (secondary N) is 4. The van der Waals surface area contributed by atoms with Gasteiger partial charge in [-0.3, -0.25) is 24.0 Å². The normalized spacial score (nSPS) is 19.1. The Balaban J connectivity index is 2.27. The number of amides is 5. The standard InChI is InChI=1S/C38H61N5O9/c1-12-23(4)29(31(46)34(48)39-19-28(45)40-30(24(5)44)25-16-14-13-15-17-25)41-33(47)27-18-26(52-38(9,10)11)20-43(27)35(49)32(37(6,7)8)42-36(50)51-21-22(2)3/h13-17,22-24,26-27,29-30,32,44H,12,18-21H2,1-11H3,(H,39,48)(H,40,45)(H,41,47)(H,42,50)/t23-,24+,26-,27+,29?,30-,32?/m1/s1. The maximum atomic E-state index is 14.2. The minimum atomic E-state index is -1.27. The molecule has 1 heterocycles. The van der Waals surface area contributed by atoms with Gasteiger partial charge in [-0.25, -0.2) is 4.79 Å². The maximum Gasteiger partial charge on any atom is 0.407 e. The topological polar surface area (TPSA) is 192 Å². The quantitative estimate of drug-likeness (QED) is 0.159. The minimum absolute atomic E-state index is 0.0530. The largest absolute Gasteiger partial charge is 0.449 e. The van der Waals surface area contributed by atoms with Crippen LogP contribution in [-0.2, 0) is 33.4 Å². The summed E-state index contributed by atoms with van der Waals surface area (Å²) in [5, 5.41) is 20.6. The number of likely N-dealkylation sites (tertiary alicyclic amines) is 1. The summed E-state index contributed by atoms with van der Waals surface area (Å²) >= 11 is 0. The molecule has 2 rings (SSSR count). The Labute approximate surface area is 308 Å². The van der Waals surface area contributed by atoms with Gasteiger partial charge in [0.2, 0.25) is 23.5 Å². The molecule has 1 aliphatic heterocycles. The van der Waals surface area contributed by atoms with E-state index in [4.69, 9.17) is 9.47 Å². The summed E-state index contributed by atoms with van der Waals surface area (Å²) in [7, 11) is 0. The van der Waals surface area contributed by atoms with Gasteiger partial charge >= 0.3 is 6.09 Å². The molecule has 14 heteroatoms. The number of Topliss-reactive ketones (excluding diaryl/α,β-unsaturated/α-hetero) is 1. The number of alkyl carbamates (subject to hydrolysis) is 1. The van der Waals surface area contributed by atoms with E-state index in [9.17, 15) is 33.9 Å². The van der Waals surface area contributed by atoms with Gasteiger partial charge in [-0.1, -0.05) is 85.2 Å². The van der Waals surface area contributed by atoms with Crippen LogP contribution in [0.3, 0.4) is 0 Å². The van der Waals surface area contributed by atoms with Crippen LogP contribution in [0, 0.1) is 17.3 Å². The molecule has 0 radical (unpaired) electrons. The molecule has 0 spiro atoms. The lowest BCUT2D eigenvalue weighted by atomic mass is 9.85. The molecule has 52 heavy (non-hydrogen) atoms. The molecule has 2 unspecified atom stereocenters. The molecule has 0 aliphatic carbocycles. The van der Waals surface area contributed by atoms with Crippen molar-refractivity contribution in [3.05, 3.63) is 35.9 Å². The third kappa shape index (κ3) is 13.5. The number of ketones is 1. The van der Waals surface area contributed by atoms with E-state index in [0.29, 0.717) is 12.0 Å². The van der Waals surface area contributed by atoms with Crippen molar-refractivity contribution < 1.29 is 43.3 Å². The van der Waals surface area contributed by atoms with Crippen molar-refractivity contribution in [2.45, 2.75) is 131 Å². The molecule has 292 valence electrons. The number of carbonyl (C=O) groups is 6. The molecule has 1 saturated heterocycles. The predicted octanol–water partition coefficient (Wildman–Crippen LogP) is 3.02. The second-order valence-electron chi connectivity index (χ2n) is 16.1. The molecule has 14 nitrogen and oxygen atoms in total. The monoisotopic (exact) mass is 731 g/mol. The zero-order valence-corrected chi connectivity index (χ0v) is 32.7. The summed E-state index contributed by atoms with van der Waals surface area (Å²) in [5.74, 6) is -4.23. The van der Waals surface area contributed by atoms with Gasteiger partial charge < -0.3 is 40.7 Å². The summed E-state index contributed by atoms with van der Waals surface area (Å²) in [4.78, 5) is 81.7. The molecule has 0 saturated carbocycles. The van der Waals surface area contributed by atoms with Crippen molar-refractivity contribution in [3.8, 4) is 0 Å². The van der Waals surface area contributed by atoms with E-state index in [1.807, 2.05) is 34.6 Å². The summed E-state index contributed by atoms with van der Waals surface area (Å²) in [6, 6.07) is 4.68. The number of benzene rings is 1. The summed E-state index contributed by atoms with van der Waals surface area (Å²) < 4.78 is 11.5. The smallest absolute Gasteiger partial charge is 0.407 e. The van der Waals surface area contributed by atoms with Crippen LogP contribution in [0.1, 0.15) is 101 Å². The fourth-order valence-electron chi connectivity index (χ4n) is 5.80. The average molecular weight is 732 g/mol. The van der Waals surface area contributed by atoms with Gasteiger partial charge in [0.15, 0.2) is 0 Å². The number of hydrogen-bond acceptors (Lipinski definition) is 9. The van der Waals surface area contributed by atoms with Gasteiger partial charge in [0.1, 0.15) is 12.1 Å². The Morgan fingerprint density at radius 1 is 0.923 bits per heavy atom. The van der Waals surface area contributed by atoms with Crippen molar-refractivity contribution in [3.63, 3.8) is 0 Å². The van der Waals surface area contributed by atoms with Crippen LogP contribution in [0.2, 0.25) is 0 Å². The second-order valence-corrected chi connectivity index (χ2v) is 16.1. The van der Waals surface area contributed by atoms with Crippen LogP contribution < -0.4 is 21.3 Å². The fraction of sp³-hybridized carbons (Fsp3) is 0.684. The highest BCUT2D eigenvalue weighted by Crippen LogP contribution is 2.29. The molecule has 1 fully saturated rings. The molecule has 1 aliphatic rings. The first-order valence-corrected chi connectivity index (χ1v) is 18.1. The van der Waals surface area contributed by atoms with Crippen LogP contribution >= 0.6 is 0 Å². The first-order chi connectivity index (χ1) is 24.0. The fourth-order valence-corrected chi connectivity index (χ4v) is 5.80. The molecule has 7 atom stereocenters. The predicted molar refractivity (Wildman–Crippen MR) is 196 cm³/mol. The molecular weight excluding hydrogens is 670 g/mol. The zero-order chi connectivity index (χ0) is 39.6. The SMILES string of the molecule is CC[C@@H](C)C(NC(=O)[C@@H]1C[C@@H](OC(C)(C)C)CN1C(=O)C(NC(=O)OCC(C)C)C(C)(C)C)C(=O)C(=O)NCC(=O)N[C@@H](c1ccccc1)[C@H](C)O. The zero-order valence-electron chi connectivity index (χ0n) is 32.7. The van der Waals surface area contributed by atoms with E-state index in [0.717, 1.165) is 0 Å². The molecule has 1 aromatic carbocycles. The van der Waals surface area contributed by atoms with Crippen molar-refractivity contribution in [1.29, 1.82) is 0 Å². The third-order valence-electron chi connectivity index (χ3n) is 8.68. The molecule has 0 aromatic heterocycles. The maximum absolute atomic E-state index is 14.2. The van der Waals surface area contributed by atoms with E-state index in [2.05, 4.69) is 21.3 Å². The highest BCUT2D eigenvalue weighted by atomic mass is 16.5. The minimum Gasteiger partial charge on any atom is -0.449 e. The first-order valence-electron chi connectivity index (χ1n) is 18.1. The van der Waals surface area contributed by atoms with E-state index in [-0.39, 0.29) is 25.5 Å². The highest BCUT2D eigenvalue weighted by Gasteiger charge is 2.47. The number of aliphatic hydroxyl groups is 1. The molecule has 5 N–H and O–H groups in total. The van der Waals surface area contributed by atoms with E-state index in [1.54, 1.807) is 65.0 Å². The van der Waals surface area contributed by atoms with Crippen LogP contribution in [0.5, 0.6) is 0 Å². The molecular formula is C38H61N5O9. The van der Waals surface area contributed by atoms with Crippen molar-refractivity contribution >= 4 is 35.5 Å². The third-order valence-corrected chi connectivity index (χ3v) is 8.68. The van der Waals surface area contributed by atoms with E-state index >= 15 is 0 Å². The van der Waals surface area contributed by atoms with Crippen LogP contribution in [0.4, 0.5) is 4.79 Å². The van der Waals surface area contributed by atoms with Crippen LogP contribution in [0.25, 0.3) is 0 Å². The van der Waals surface area contributed by atoms with Crippen LogP contribution in [0.15, 0.2) is 30.3 Å². The summed E-state index contributed by atoms with van der Waals surface area (Å²) in [6.45, 7) is 19.4. The Hall–Kier alpha value is -4.04. The number of nitrogens with zero attached hydrogens (tertiary/aromatic N) is 1. The van der Waals surface area contributed by atoms with Gasteiger partial charge in [0.05, 0.1) is 43.0 Å². The Morgan fingerprint density at radius 3 is 2.06 bits per heavy atom. The van der Waals surface area contributed by atoms with Crippen molar-refractivity contribution in [2.24, 2.45) is 17.3 Å². The average Bonchev–Trinajstić information content (AvgIpc) is 3.47. The Kier molecular flexibility index (Phi) is 16.3. The molecule has 0 bridgehead atoms. The van der Waals surface area contributed by atoms with Gasteiger partial charge in [-0.05, 0) is 50.5 Å². The van der Waals surface area contributed by atoms with Gasteiger partial charge in [0.25, 0.3) is 5.91 Å². The van der Waals surface area contributed by atoms with Gasteiger partial charge in [0, 0.05) is 13.0 Å². The lowest BCUT2D eigenvalue weighted by Crippen LogP contribution is -2.59. The Morgan fingerprint density at radius 2 is 1.54 bits per heavy atom. The first kappa shape index (κ1) is 44.1. The lowest BCUT2D eigenvalue weighted by molar-refractivity contribution is -0.144. The van der Waals surface area contributed by atoms with Crippen molar-refractivity contribution in [1.82, 2.24) is 26.2 Å². The van der Waals surface area contributed by atoms with Crippen molar-refractivity contribution in [2.75, 3.05) is 19.7 Å². The number of hydrogen-bond donors (Lipinski definition) is 5. The van der Waals surface area contributed by atoms with Gasteiger partial charge in [-0.15, -0.1) is 0 Å². The number of rotatable bonds is 16. The van der Waals surface area contributed by atoms with E-state index < -0.39 is 95.4 Å². The number of aliphatic hydroxyl groups excluding tert-OH is 1. The summed E-state index contributed by atoms with van der Waals surface area (Å²) in [6.07, 6.45) is -1.68. The lowest BCUT2D eigenvalue weighted by Gasteiger charge is -2.35. The van der Waals surface area contributed by atoms with E-state index in [1.165, 1.54) is 11.8 Å². The number of ether oxygens (including phenoxy) is 2. The summed E-state index contributed by atoms with van der Waals surface area (Å²) in [5.41, 5.74) is -0.699. The van der Waals surface area contributed by atoms with Crippen LogP contribution in [-0.4, -0.2) is 101 Å². The molecule has 1 aromatic rings. The highest BCUT2D eigenvalue weighted by molar-refractivity contribution is 6.38. The molecule has 5 amide bonds.